The van der Waals surface area contributed by atoms with Gasteiger partial charge in [-0.3, -0.25) is 4.79 Å². The molecule has 0 spiro atoms. The van der Waals surface area contributed by atoms with E-state index in [4.69, 9.17) is 5.73 Å². The zero-order valence-electron chi connectivity index (χ0n) is 13.2. The molecule has 1 amide bonds. The molecule has 0 saturated carbocycles. The molecule has 0 bridgehead atoms. The van der Waals surface area contributed by atoms with Crippen LogP contribution >= 0.6 is 24.8 Å². The summed E-state index contributed by atoms with van der Waals surface area (Å²) < 4.78 is 0. The van der Waals surface area contributed by atoms with Crippen LogP contribution in [-0.4, -0.2) is 36.5 Å². The lowest BCUT2D eigenvalue weighted by Crippen LogP contribution is -2.45. The number of nitrogens with one attached hydrogen (secondary N) is 1. The fourth-order valence-electron chi connectivity index (χ4n) is 2.87. The van der Waals surface area contributed by atoms with E-state index in [1.165, 1.54) is 12.8 Å². The third kappa shape index (κ3) is 6.42. The van der Waals surface area contributed by atoms with Gasteiger partial charge in [-0.15, -0.1) is 24.8 Å². The van der Waals surface area contributed by atoms with Crippen LogP contribution in [0.15, 0.2) is 24.3 Å². The molecule has 22 heavy (non-hydrogen) atoms. The van der Waals surface area contributed by atoms with Crippen LogP contribution in [0.25, 0.3) is 0 Å². The van der Waals surface area contributed by atoms with E-state index in [9.17, 15) is 4.79 Å². The zero-order chi connectivity index (χ0) is 14.5. The standard InChI is InChI=1S/C16H25N3O.2ClH/c1-12-5-4-8-19(10-12)11-13(2)18-16(20)14-6-3-7-15(17)9-14;;/h3,6-7,9,12-13H,4-5,8,10-11,17H2,1-2H3,(H,18,20);2*1H. The quantitative estimate of drug-likeness (QED) is 0.823. The minimum Gasteiger partial charge on any atom is -0.399 e. The van der Waals surface area contributed by atoms with Crippen molar-refractivity contribution < 1.29 is 4.79 Å². The van der Waals surface area contributed by atoms with Crippen molar-refractivity contribution in [3.63, 3.8) is 0 Å². The summed E-state index contributed by atoms with van der Waals surface area (Å²) in [5, 5.41) is 3.05. The lowest BCUT2D eigenvalue weighted by molar-refractivity contribution is 0.0920. The monoisotopic (exact) mass is 347 g/mol. The van der Waals surface area contributed by atoms with Gasteiger partial charge in [0.05, 0.1) is 0 Å². The zero-order valence-corrected chi connectivity index (χ0v) is 14.9. The molecular formula is C16H27Cl2N3O. The van der Waals surface area contributed by atoms with Crippen molar-refractivity contribution >= 4 is 36.4 Å². The highest BCUT2D eigenvalue weighted by molar-refractivity contribution is 5.95. The van der Waals surface area contributed by atoms with Gasteiger partial charge >= 0.3 is 0 Å². The summed E-state index contributed by atoms with van der Waals surface area (Å²) >= 11 is 0. The molecule has 1 fully saturated rings. The summed E-state index contributed by atoms with van der Waals surface area (Å²) in [6.07, 6.45) is 2.58. The molecule has 1 aromatic carbocycles. The summed E-state index contributed by atoms with van der Waals surface area (Å²) in [5.41, 5.74) is 6.95. The molecule has 2 rings (SSSR count). The Morgan fingerprint density at radius 1 is 1.45 bits per heavy atom. The average molecular weight is 348 g/mol. The Labute approximate surface area is 145 Å². The third-order valence-electron chi connectivity index (χ3n) is 3.80. The molecule has 4 nitrogen and oxygen atoms in total. The van der Waals surface area contributed by atoms with Gasteiger partial charge in [-0.2, -0.15) is 0 Å². The van der Waals surface area contributed by atoms with E-state index in [0.29, 0.717) is 11.3 Å². The highest BCUT2D eigenvalue weighted by Gasteiger charge is 2.19. The van der Waals surface area contributed by atoms with Crippen molar-refractivity contribution in [1.29, 1.82) is 0 Å². The number of rotatable bonds is 4. The highest BCUT2D eigenvalue weighted by Crippen LogP contribution is 2.15. The normalized spacial score (nSPS) is 19.5. The van der Waals surface area contributed by atoms with Crippen molar-refractivity contribution in [1.82, 2.24) is 10.2 Å². The topological polar surface area (TPSA) is 58.4 Å². The van der Waals surface area contributed by atoms with Crippen LogP contribution in [-0.2, 0) is 0 Å². The molecular weight excluding hydrogens is 321 g/mol. The first-order valence-electron chi connectivity index (χ1n) is 7.43. The number of nitrogens with zero attached hydrogens (tertiary/aromatic N) is 1. The van der Waals surface area contributed by atoms with Crippen molar-refractivity contribution in [2.45, 2.75) is 32.7 Å². The summed E-state index contributed by atoms with van der Waals surface area (Å²) in [6.45, 7) is 7.55. The Morgan fingerprint density at radius 3 is 2.82 bits per heavy atom. The minimum absolute atomic E-state index is 0. The Morgan fingerprint density at radius 2 is 2.18 bits per heavy atom. The van der Waals surface area contributed by atoms with Crippen molar-refractivity contribution in [3.05, 3.63) is 29.8 Å². The van der Waals surface area contributed by atoms with E-state index in [2.05, 4.69) is 24.1 Å². The second kappa shape index (κ2) is 9.93. The fourth-order valence-corrected chi connectivity index (χ4v) is 2.87. The van der Waals surface area contributed by atoms with Gasteiger partial charge in [0.15, 0.2) is 0 Å². The summed E-state index contributed by atoms with van der Waals surface area (Å²) in [4.78, 5) is 14.6. The first-order chi connectivity index (χ1) is 9.54. The molecule has 1 aromatic rings. The lowest BCUT2D eigenvalue weighted by Gasteiger charge is -2.32. The number of likely N-dealkylation sites (tertiary alicyclic amines) is 1. The number of carbonyl (C=O) groups excluding carboxylic acids is 1. The SMILES string of the molecule is CC1CCCN(CC(C)NC(=O)c2cccc(N)c2)C1.Cl.Cl. The molecule has 0 radical (unpaired) electrons. The third-order valence-corrected chi connectivity index (χ3v) is 3.80. The number of amides is 1. The molecule has 1 aliphatic heterocycles. The Hall–Kier alpha value is -0.970. The second-order valence-electron chi connectivity index (χ2n) is 6.01. The maximum atomic E-state index is 12.1. The number of anilines is 1. The van der Waals surface area contributed by atoms with E-state index >= 15 is 0 Å². The lowest BCUT2D eigenvalue weighted by atomic mass is 10.00. The fraction of sp³-hybridized carbons (Fsp3) is 0.562. The van der Waals surface area contributed by atoms with Crippen molar-refractivity contribution in [2.75, 3.05) is 25.4 Å². The Bertz CT molecular complexity index is 470. The predicted octanol–water partition coefficient (Wildman–Crippen LogP) is 2.96. The minimum atomic E-state index is -0.0464. The number of nitrogens with two attached hydrogens (primary N) is 1. The molecule has 126 valence electrons. The number of carbonyl (C=O) groups is 1. The molecule has 1 heterocycles. The predicted molar refractivity (Wildman–Crippen MR) is 97.1 cm³/mol. The molecule has 2 atom stereocenters. The molecule has 0 aromatic heterocycles. The van der Waals surface area contributed by atoms with Crippen LogP contribution in [0.2, 0.25) is 0 Å². The molecule has 0 aliphatic carbocycles. The molecule has 2 unspecified atom stereocenters. The van der Waals surface area contributed by atoms with Crippen LogP contribution in [0, 0.1) is 5.92 Å². The number of hydrogen-bond donors (Lipinski definition) is 2. The largest absolute Gasteiger partial charge is 0.399 e. The average Bonchev–Trinajstić information content (AvgIpc) is 2.38. The Balaban J connectivity index is 0.00000220. The van der Waals surface area contributed by atoms with Crippen molar-refractivity contribution in [3.8, 4) is 0 Å². The molecule has 1 saturated heterocycles. The number of hydrogen-bond acceptors (Lipinski definition) is 3. The number of halogens is 2. The van der Waals surface area contributed by atoms with Gasteiger partial charge in [-0.1, -0.05) is 13.0 Å². The van der Waals surface area contributed by atoms with E-state index in [0.717, 1.165) is 25.6 Å². The van der Waals surface area contributed by atoms with Gasteiger partial charge in [0.2, 0.25) is 0 Å². The molecule has 1 aliphatic rings. The highest BCUT2D eigenvalue weighted by atomic mass is 35.5. The van der Waals surface area contributed by atoms with E-state index in [1.54, 1.807) is 24.3 Å². The maximum Gasteiger partial charge on any atom is 0.251 e. The van der Waals surface area contributed by atoms with Crippen LogP contribution in [0.4, 0.5) is 5.69 Å². The maximum absolute atomic E-state index is 12.1. The van der Waals surface area contributed by atoms with Crippen LogP contribution in [0.1, 0.15) is 37.0 Å². The smallest absolute Gasteiger partial charge is 0.251 e. The summed E-state index contributed by atoms with van der Waals surface area (Å²) in [5.74, 6) is 0.718. The van der Waals surface area contributed by atoms with Crippen LogP contribution in [0.5, 0.6) is 0 Å². The van der Waals surface area contributed by atoms with Crippen LogP contribution in [0.3, 0.4) is 0 Å². The first-order valence-corrected chi connectivity index (χ1v) is 7.43. The summed E-state index contributed by atoms with van der Waals surface area (Å²) in [6, 6.07) is 7.25. The van der Waals surface area contributed by atoms with Gasteiger partial charge in [-0.25, -0.2) is 0 Å². The number of nitrogen functional groups attached to an aromatic ring is 1. The number of benzene rings is 1. The summed E-state index contributed by atoms with van der Waals surface area (Å²) in [7, 11) is 0. The van der Waals surface area contributed by atoms with E-state index < -0.39 is 0 Å². The second-order valence-corrected chi connectivity index (χ2v) is 6.01. The molecule has 6 heteroatoms. The first kappa shape index (κ1) is 21.0. The van der Waals surface area contributed by atoms with Gasteiger partial charge in [0.25, 0.3) is 5.91 Å². The van der Waals surface area contributed by atoms with E-state index in [1.807, 2.05) is 0 Å². The van der Waals surface area contributed by atoms with E-state index in [-0.39, 0.29) is 36.8 Å². The molecule has 3 N–H and O–H groups in total. The van der Waals surface area contributed by atoms with Gasteiger partial charge < -0.3 is 16.0 Å². The van der Waals surface area contributed by atoms with Gasteiger partial charge in [0, 0.05) is 30.4 Å². The van der Waals surface area contributed by atoms with Crippen molar-refractivity contribution in [2.24, 2.45) is 5.92 Å². The van der Waals surface area contributed by atoms with Crippen LogP contribution < -0.4 is 11.1 Å². The van der Waals surface area contributed by atoms with Gasteiger partial charge in [0.1, 0.15) is 0 Å². The Kier molecular flexibility index (Phi) is 9.49. The number of piperidine rings is 1. The van der Waals surface area contributed by atoms with Gasteiger partial charge in [-0.05, 0) is 50.4 Å².